The van der Waals surface area contributed by atoms with Gasteiger partial charge in [-0.25, -0.2) is 0 Å². The quantitative estimate of drug-likeness (QED) is 0.624. The zero-order valence-corrected chi connectivity index (χ0v) is 16.4. The van der Waals surface area contributed by atoms with Gasteiger partial charge in [0.25, 0.3) is 5.91 Å². The van der Waals surface area contributed by atoms with Gasteiger partial charge in [-0.05, 0) is 42.5 Å². The molecule has 2 amide bonds. The molecule has 3 rings (SSSR count). The van der Waals surface area contributed by atoms with Crippen LogP contribution in [0.5, 0.6) is 0 Å². The minimum absolute atomic E-state index is 0.186. The smallest absolute Gasteiger partial charge is 0.252 e. The van der Waals surface area contributed by atoms with Crippen molar-refractivity contribution in [1.29, 1.82) is 0 Å². The molecule has 0 saturated carbocycles. The number of hydrogen-bond acceptors (Lipinski definition) is 4. The van der Waals surface area contributed by atoms with Gasteiger partial charge < -0.3 is 10.6 Å². The lowest BCUT2D eigenvalue weighted by Crippen LogP contribution is -2.34. The van der Waals surface area contributed by atoms with E-state index < -0.39 is 5.91 Å². The Labute approximate surface area is 167 Å². The molecule has 0 bridgehead atoms. The van der Waals surface area contributed by atoms with E-state index in [0.29, 0.717) is 10.4 Å². The maximum Gasteiger partial charge on any atom is 0.252 e. The Hall–Kier alpha value is -3.25. The molecule has 1 heterocycles. The van der Waals surface area contributed by atoms with E-state index in [9.17, 15) is 14.4 Å². The van der Waals surface area contributed by atoms with Crippen LogP contribution < -0.4 is 10.6 Å². The molecule has 0 unspecified atom stereocenters. The number of carbonyl (C=O) groups excluding carboxylic acids is 3. The number of rotatable bonds is 6. The van der Waals surface area contributed by atoms with E-state index >= 15 is 0 Å². The fourth-order valence-electron chi connectivity index (χ4n) is 2.87. The van der Waals surface area contributed by atoms with Crippen molar-refractivity contribution in [3.05, 3.63) is 87.1 Å². The number of anilines is 1. The van der Waals surface area contributed by atoms with E-state index in [-0.39, 0.29) is 23.8 Å². The number of hydrogen-bond donors (Lipinski definition) is 2. The highest BCUT2D eigenvalue weighted by molar-refractivity contribution is 7.12. The first-order chi connectivity index (χ1) is 13.5. The van der Waals surface area contributed by atoms with E-state index in [0.717, 1.165) is 16.8 Å². The number of aryl methyl sites for hydroxylation is 2. The zero-order chi connectivity index (χ0) is 20.1. The van der Waals surface area contributed by atoms with Gasteiger partial charge in [-0.1, -0.05) is 42.5 Å². The van der Waals surface area contributed by atoms with Crippen LogP contribution in [0.15, 0.2) is 60.0 Å². The van der Waals surface area contributed by atoms with Crippen molar-refractivity contribution in [3.63, 3.8) is 0 Å². The average molecular weight is 392 g/mol. The SMILES string of the molecule is Cc1cccc(C)c1NC(=O)CNC(=O)c1ccccc1C(=O)c1cccs1. The highest BCUT2D eigenvalue weighted by Gasteiger charge is 2.19. The van der Waals surface area contributed by atoms with Gasteiger partial charge in [0.2, 0.25) is 11.7 Å². The van der Waals surface area contributed by atoms with Gasteiger partial charge in [0.1, 0.15) is 0 Å². The number of carbonyl (C=O) groups is 3. The summed E-state index contributed by atoms with van der Waals surface area (Å²) in [6.07, 6.45) is 0. The minimum Gasteiger partial charge on any atom is -0.343 e. The summed E-state index contributed by atoms with van der Waals surface area (Å²) in [5, 5.41) is 7.24. The Morgan fingerprint density at radius 1 is 0.857 bits per heavy atom. The van der Waals surface area contributed by atoms with Crippen LogP contribution in [0.1, 0.15) is 36.7 Å². The standard InChI is InChI=1S/C22H20N2O3S/c1-14-7-5-8-15(2)20(14)24-19(25)13-23-22(27)17-10-4-3-9-16(17)21(26)18-11-6-12-28-18/h3-12H,13H2,1-2H3,(H,23,27)(H,24,25). The Balaban J connectivity index is 1.69. The lowest BCUT2D eigenvalue weighted by atomic mass is 10.0. The number of ketones is 1. The summed E-state index contributed by atoms with van der Waals surface area (Å²) < 4.78 is 0. The summed E-state index contributed by atoms with van der Waals surface area (Å²) in [5.74, 6) is -0.995. The fraction of sp³-hybridized carbons (Fsp3) is 0.136. The highest BCUT2D eigenvalue weighted by Crippen LogP contribution is 2.20. The molecule has 0 spiro atoms. The van der Waals surface area contributed by atoms with E-state index in [1.807, 2.05) is 37.4 Å². The van der Waals surface area contributed by atoms with Gasteiger partial charge in [0, 0.05) is 11.3 Å². The first kappa shape index (κ1) is 19.5. The molecule has 2 N–H and O–H groups in total. The van der Waals surface area contributed by atoms with Gasteiger partial charge in [0.15, 0.2) is 0 Å². The van der Waals surface area contributed by atoms with Crippen molar-refractivity contribution >= 4 is 34.6 Å². The van der Waals surface area contributed by atoms with Crippen LogP contribution >= 0.6 is 11.3 Å². The largest absolute Gasteiger partial charge is 0.343 e. The summed E-state index contributed by atoms with van der Waals surface area (Å²) in [6.45, 7) is 3.63. The molecule has 2 aromatic carbocycles. The van der Waals surface area contributed by atoms with Crippen LogP contribution in [0.3, 0.4) is 0 Å². The molecule has 5 nitrogen and oxygen atoms in total. The fourth-order valence-corrected chi connectivity index (χ4v) is 3.55. The summed E-state index contributed by atoms with van der Waals surface area (Å²) in [6, 6.07) is 15.9. The molecular weight excluding hydrogens is 372 g/mol. The topological polar surface area (TPSA) is 75.3 Å². The van der Waals surface area contributed by atoms with E-state index in [2.05, 4.69) is 10.6 Å². The lowest BCUT2D eigenvalue weighted by Gasteiger charge is -2.12. The van der Waals surface area contributed by atoms with Crippen LogP contribution in [0.2, 0.25) is 0 Å². The lowest BCUT2D eigenvalue weighted by molar-refractivity contribution is -0.115. The Morgan fingerprint density at radius 2 is 1.54 bits per heavy atom. The monoisotopic (exact) mass is 392 g/mol. The summed E-state index contributed by atoms with van der Waals surface area (Å²) in [4.78, 5) is 38.1. The number of benzene rings is 2. The third-order valence-electron chi connectivity index (χ3n) is 4.32. The zero-order valence-electron chi connectivity index (χ0n) is 15.6. The van der Waals surface area contributed by atoms with Crippen LogP contribution in [-0.4, -0.2) is 24.1 Å². The molecule has 0 aliphatic carbocycles. The number of nitrogens with one attached hydrogen (secondary N) is 2. The van der Waals surface area contributed by atoms with Gasteiger partial charge in [-0.15, -0.1) is 11.3 Å². The molecule has 28 heavy (non-hydrogen) atoms. The van der Waals surface area contributed by atoms with Crippen molar-refractivity contribution in [2.24, 2.45) is 0 Å². The number of amides is 2. The minimum atomic E-state index is -0.461. The normalized spacial score (nSPS) is 10.4. The highest BCUT2D eigenvalue weighted by atomic mass is 32.1. The third kappa shape index (κ3) is 4.35. The molecule has 0 saturated heterocycles. The number of para-hydroxylation sites is 1. The second kappa shape index (κ2) is 8.63. The van der Waals surface area contributed by atoms with Crippen molar-refractivity contribution in [2.75, 3.05) is 11.9 Å². The van der Waals surface area contributed by atoms with Crippen LogP contribution in [0.25, 0.3) is 0 Å². The van der Waals surface area contributed by atoms with Crippen molar-refractivity contribution in [3.8, 4) is 0 Å². The predicted octanol–water partition coefficient (Wildman–Crippen LogP) is 3.96. The third-order valence-corrected chi connectivity index (χ3v) is 5.18. The molecule has 6 heteroatoms. The van der Waals surface area contributed by atoms with Crippen molar-refractivity contribution < 1.29 is 14.4 Å². The summed E-state index contributed by atoms with van der Waals surface area (Å²) in [5.41, 5.74) is 3.21. The maximum atomic E-state index is 12.6. The molecule has 142 valence electrons. The van der Waals surface area contributed by atoms with E-state index in [1.165, 1.54) is 11.3 Å². The molecule has 0 atom stereocenters. The van der Waals surface area contributed by atoms with Crippen molar-refractivity contribution in [1.82, 2.24) is 5.32 Å². The van der Waals surface area contributed by atoms with Crippen molar-refractivity contribution in [2.45, 2.75) is 13.8 Å². The second-order valence-corrected chi connectivity index (χ2v) is 7.30. The first-order valence-electron chi connectivity index (χ1n) is 8.79. The summed E-state index contributed by atoms with van der Waals surface area (Å²) in [7, 11) is 0. The molecular formula is C22H20N2O3S. The van der Waals surface area contributed by atoms with Gasteiger partial charge in [-0.2, -0.15) is 0 Å². The van der Waals surface area contributed by atoms with E-state index in [1.54, 1.807) is 36.4 Å². The van der Waals surface area contributed by atoms with E-state index in [4.69, 9.17) is 0 Å². The van der Waals surface area contributed by atoms with Crippen LogP contribution in [0, 0.1) is 13.8 Å². The predicted molar refractivity (Wildman–Crippen MR) is 111 cm³/mol. The first-order valence-corrected chi connectivity index (χ1v) is 9.67. The Bertz CT molecular complexity index is 1010. The van der Waals surface area contributed by atoms with Gasteiger partial charge in [-0.3, -0.25) is 14.4 Å². The molecule has 0 aliphatic heterocycles. The van der Waals surface area contributed by atoms with Crippen LogP contribution in [-0.2, 0) is 4.79 Å². The molecule has 1 aromatic heterocycles. The maximum absolute atomic E-state index is 12.6. The molecule has 0 radical (unpaired) electrons. The molecule has 3 aromatic rings. The Kier molecular flexibility index (Phi) is 6.01. The molecule has 0 fully saturated rings. The average Bonchev–Trinajstić information content (AvgIpc) is 3.23. The number of thiophene rings is 1. The Morgan fingerprint density at radius 3 is 2.18 bits per heavy atom. The molecule has 0 aliphatic rings. The second-order valence-electron chi connectivity index (χ2n) is 6.35. The van der Waals surface area contributed by atoms with Crippen LogP contribution in [0.4, 0.5) is 5.69 Å². The van der Waals surface area contributed by atoms with Gasteiger partial charge in [0.05, 0.1) is 17.0 Å². The van der Waals surface area contributed by atoms with Gasteiger partial charge >= 0.3 is 0 Å². The summed E-state index contributed by atoms with van der Waals surface area (Å²) >= 11 is 1.32.